The average molecular weight is 468 g/mol. The summed E-state index contributed by atoms with van der Waals surface area (Å²) in [5.41, 5.74) is 0.0656. The van der Waals surface area contributed by atoms with E-state index in [0.717, 1.165) is 12.1 Å². The summed E-state index contributed by atoms with van der Waals surface area (Å²) in [5, 5.41) is 9.31. The van der Waals surface area contributed by atoms with Crippen molar-refractivity contribution in [2.24, 2.45) is 11.1 Å². The normalized spacial score (nSPS) is 17.3. The van der Waals surface area contributed by atoms with Crippen molar-refractivity contribution in [3.63, 3.8) is 0 Å². The van der Waals surface area contributed by atoms with Crippen molar-refractivity contribution in [3.8, 4) is 11.3 Å². The van der Waals surface area contributed by atoms with E-state index in [2.05, 4.69) is 10.1 Å². The lowest BCUT2D eigenvalue weighted by Gasteiger charge is -2.17. The molecule has 0 spiro atoms. The zero-order valence-corrected chi connectivity index (χ0v) is 17.7. The molecule has 8 nitrogen and oxygen atoms in total. The number of alkyl halides is 3. The molecule has 0 aliphatic carbocycles. The number of nitrogens with zero attached hydrogens (tertiary/aromatic N) is 3. The fraction of sp³-hybridized carbons (Fsp3) is 0.350. The summed E-state index contributed by atoms with van der Waals surface area (Å²) in [6.45, 7) is 2.15. The zero-order chi connectivity index (χ0) is 23.3. The first-order valence-electron chi connectivity index (χ1n) is 9.67. The van der Waals surface area contributed by atoms with Crippen LogP contribution in [0.3, 0.4) is 0 Å². The summed E-state index contributed by atoms with van der Waals surface area (Å²) in [4.78, 5) is 19.1. The summed E-state index contributed by atoms with van der Waals surface area (Å²) >= 11 is 0. The average Bonchev–Trinajstić information content (AvgIpc) is 3.32. The smallest absolute Gasteiger partial charge is 0.338 e. The van der Waals surface area contributed by atoms with Gasteiger partial charge in [-0.15, -0.1) is 0 Å². The maximum absolute atomic E-state index is 13.3. The molecule has 0 radical (unpaired) electrons. The van der Waals surface area contributed by atoms with Crippen LogP contribution in [0.5, 0.6) is 0 Å². The second-order valence-corrected chi connectivity index (χ2v) is 9.48. The molecule has 1 amide bonds. The van der Waals surface area contributed by atoms with E-state index in [-0.39, 0.29) is 40.7 Å². The first-order valence-corrected chi connectivity index (χ1v) is 11.4. The highest BCUT2D eigenvalue weighted by Crippen LogP contribution is 2.34. The number of carbonyl (C=O) groups excluding carboxylic acids is 1. The van der Waals surface area contributed by atoms with Gasteiger partial charge in [-0.05, 0) is 37.5 Å². The molecule has 4 rings (SSSR count). The maximum atomic E-state index is 13.3. The van der Waals surface area contributed by atoms with Crippen molar-refractivity contribution in [3.05, 3.63) is 47.2 Å². The molecular formula is C20H19F3N4O4S. The van der Waals surface area contributed by atoms with Crippen LogP contribution in [-0.2, 0) is 16.2 Å². The molecule has 32 heavy (non-hydrogen) atoms. The summed E-state index contributed by atoms with van der Waals surface area (Å²) in [6, 6.07) is 6.03. The van der Waals surface area contributed by atoms with Crippen LogP contribution in [0, 0.1) is 12.8 Å². The molecule has 0 bridgehead atoms. The van der Waals surface area contributed by atoms with Gasteiger partial charge in [-0.3, -0.25) is 4.79 Å². The Bertz CT molecular complexity index is 1300. The number of sulfonamides is 1. The number of aryl methyl sites for hydroxylation is 1. The molecular weight excluding hydrogens is 449 g/mol. The van der Waals surface area contributed by atoms with Gasteiger partial charge in [0.25, 0.3) is 11.6 Å². The van der Waals surface area contributed by atoms with Crippen LogP contribution in [0.15, 0.2) is 34.9 Å². The highest BCUT2D eigenvalue weighted by atomic mass is 32.2. The predicted molar refractivity (Wildman–Crippen MR) is 109 cm³/mol. The molecule has 1 atom stereocenters. The standard InChI is InChI=1S/C20H19F3N4O4S/c1-11-17-15(19(28)27-6-5-12(9-27)10-32(24,29)30)8-16(25-18(17)31-26-11)13-3-2-4-14(7-13)20(21,22)23/h2-4,7-8,12H,5-6,9-10H2,1H3,(H2,24,29,30). The van der Waals surface area contributed by atoms with E-state index in [1.807, 2.05) is 0 Å². The largest absolute Gasteiger partial charge is 0.416 e. The van der Waals surface area contributed by atoms with Gasteiger partial charge >= 0.3 is 6.18 Å². The van der Waals surface area contributed by atoms with E-state index >= 15 is 0 Å². The number of fused-ring (bicyclic) bond motifs is 1. The predicted octanol–water partition coefficient (Wildman–Crippen LogP) is 2.97. The van der Waals surface area contributed by atoms with Gasteiger partial charge in [-0.25, -0.2) is 18.5 Å². The molecule has 170 valence electrons. The topological polar surface area (TPSA) is 119 Å². The molecule has 2 N–H and O–H groups in total. The molecule has 1 aromatic carbocycles. The number of hydrogen-bond donors (Lipinski definition) is 1. The lowest BCUT2D eigenvalue weighted by molar-refractivity contribution is -0.137. The van der Waals surface area contributed by atoms with Crippen molar-refractivity contribution >= 4 is 27.0 Å². The first-order chi connectivity index (χ1) is 14.9. The Balaban J connectivity index is 1.74. The number of primary sulfonamides is 1. The van der Waals surface area contributed by atoms with Crippen LogP contribution in [0.25, 0.3) is 22.4 Å². The van der Waals surface area contributed by atoms with Crippen LogP contribution in [-0.4, -0.2) is 48.2 Å². The molecule has 12 heteroatoms. The Morgan fingerprint density at radius 1 is 1.31 bits per heavy atom. The highest BCUT2D eigenvalue weighted by molar-refractivity contribution is 7.89. The van der Waals surface area contributed by atoms with Crippen molar-refractivity contribution in [2.75, 3.05) is 18.8 Å². The number of amides is 1. The fourth-order valence-electron chi connectivity index (χ4n) is 3.92. The Labute approximate surface area is 181 Å². The Kier molecular flexibility index (Phi) is 5.45. The van der Waals surface area contributed by atoms with Gasteiger partial charge < -0.3 is 9.42 Å². The van der Waals surface area contributed by atoms with Crippen molar-refractivity contribution in [2.45, 2.75) is 19.5 Å². The molecule has 1 saturated heterocycles. The Morgan fingerprint density at radius 3 is 2.75 bits per heavy atom. The third-order valence-electron chi connectivity index (χ3n) is 5.37. The summed E-state index contributed by atoms with van der Waals surface area (Å²) < 4.78 is 67.4. The number of halogens is 3. The number of benzene rings is 1. The number of carbonyl (C=O) groups is 1. The zero-order valence-electron chi connectivity index (χ0n) is 16.9. The van der Waals surface area contributed by atoms with Crippen molar-refractivity contribution in [1.82, 2.24) is 15.0 Å². The number of pyridine rings is 1. The van der Waals surface area contributed by atoms with E-state index in [4.69, 9.17) is 9.66 Å². The molecule has 1 unspecified atom stereocenters. The Hall–Kier alpha value is -2.99. The second-order valence-electron chi connectivity index (χ2n) is 7.82. The SMILES string of the molecule is Cc1noc2nc(-c3cccc(C(F)(F)F)c3)cc(C(=O)N3CCC(CS(N)(=O)=O)C3)c12. The Morgan fingerprint density at radius 2 is 2.06 bits per heavy atom. The van der Waals surface area contributed by atoms with E-state index in [9.17, 15) is 26.4 Å². The fourth-order valence-corrected chi connectivity index (χ4v) is 4.85. The lowest BCUT2D eigenvalue weighted by atomic mass is 10.0. The van der Waals surface area contributed by atoms with E-state index in [0.29, 0.717) is 24.0 Å². The quantitative estimate of drug-likeness (QED) is 0.629. The van der Waals surface area contributed by atoms with Crippen molar-refractivity contribution < 1.29 is 30.9 Å². The minimum Gasteiger partial charge on any atom is -0.338 e. The minimum atomic E-state index is -4.53. The first kappa shape index (κ1) is 22.2. The summed E-state index contributed by atoms with van der Waals surface area (Å²) in [7, 11) is -3.68. The number of likely N-dealkylation sites (tertiary alicyclic amines) is 1. The van der Waals surface area contributed by atoms with Gasteiger partial charge in [-0.2, -0.15) is 13.2 Å². The molecule has 0 saturated carbocycles. The monoisotopic (exact) mass is 468 g/mol. The highest BCUT2D eigenvalue weighted by Gasteiger charge is 2.33. The van der Waals surface area contributed by atoms with Gasteiger partial charge in [0.2, 0.25) is 10.0 Å². The third kappa shape index (κ3) is 4.46. The van der Waals surface area contributed by atoms with E-state index in [1.54, 1.807) is 6.92 Å². The number of rotatable bonds is 4. The molecule has 2 aromatic heterocycles. The maximum Gasteiger partial charge on any atom is 0.416 e. The number of aromatic nitrogens is 2. The second kappa shape index (κ2) is 7.85. The van der Waals surface area contributed by atoms with E-state index in [1.165, 1.54) is 23.1 Å². The third-order valence-corrected chi connectivity index (χ3v) is 6.31. The van der Waals surface area contributed by atoms with Crippen LogP contribution in [0.1, 0.15) is 28.0 Å². The van der Waals surface area contributed by atoms with Crippen molar-refractivity contribution in [1.29, 1.82) is 0 Å². The molecule has 1 fully saturated rings. The number of nitrogens with two attached hydrogens (primary N) is 1. The minimum absolute atomic E-state index is 0.0287. The molecule has 3 heterocycles. The number of hydrogen-bond acceptors (Lipinski definition) is 6. The van der Waals surface area contributed by atoms with Crippen LogP contribution in [0.2, 0.25) is 0 Å². The van der Waals surface area contributed by atoms with Gasteiger partial charge in [0, 0.05) is 18.7 Å². The summed E-state index contributed by atoms with van der Waals surface area (Å²) in [6.07, 6.45) is -4.06. The van der Waals surface area contributed by atoms with Gasteiger partial charge in [0.15, 0.2) is 0 Å². The van der Waals surface area contributed by atoms with Gasteiger partial charge in [0.1, 0.15) is 0 Å². The lowest BCUT2D eigenvalue weighted by Crippen LogP contribution is -2.31. The molecule has 1 aliphatic heterocycles. The molecule has 3 aromatic rings. The molecule has 1 aliphatic rings. The summed E-state index contributed by atoms with van der Waals surface area (Å²) in [5.74, 6) is -0.934. The van der Waals surface area contributed by atoms with Crippen LogP contribution in [0.4, 0.5) is 13.2 Å². The van der Waals surface area contributed by atoms with E-state index < -0.39 is 27.7 Å². The van der Waals surface area contributed by atoms with Gasteiger partial charge in [-0.1, -0.05) is 17.3 Å². The van der Waals surface area contributed by atoms with Crippen LogP contribution >= 0.6 is 0 Å². The van der Waals surface area contributed by atoms with Crippen LogP contribution < -0.4 is 5.14 Å². The van der Waals surface area contributed by atoms with Gasteiger partial charge in [0.05, 0.1) is 33.7 Å².